The van der Waals surface area contributed by atoms with E-state index in [9.17, 15) is 0 Å². The van der Waals surface area contributed by atoms with Crippen molar-refractivity contribution in [1.29, 1.82) is 0 Å². The highest BCUT2D eigenvalue weighted by Crippen LogP contribution is 2.24. The monoisotopic (exact) mass is 233 g/mol. The van der Waals surface area contributed by atoms with Gasteiger partial charge >= 0.3 is 0 Å². The van der Waals surface area contributed by atoms with Gasteiger partial charge in [0.05, 0.1) is 6.61 Å². The van der Waals surface area contributed by atoms with Crippen molar-refractivity contribution in [3.8, 4) is 0 Å². The minimum absolute atomic E-state index is 0.810. The zero-order valence-corrected chi connectivity index (χ0v) is 10.7. The number of hydrogen-bond donors (Lipinski definition) is 1. The van der Waals surface area contributed by atoms with Crippen LogP contribution in [0.1, 0.15) is 31.2 Å². The molecule has 1 aliphatic carbocycles. The predicted octanol–water partition coefficient (Wildman–Crippen LogP) is 3.61. The Labute approximate surface area is 104 Å². The largest absolute Gasteiger partial charge is 0.383 e. The highest BCUT2D eigenvalue weighted by Gasteiger charge is 2.14. The SMILES string of the molecule is Cc1ccccc1NCCOCC1CCCC1. The van der Waals surface area contributed by atoms with Gasteiger partial charge in [0.2, 0.25) is 0 Å². The van der Waals surface area contributed by atoms with Crippen molar-refractivity contribution in [2.45, 2.75) is 32.6 Å². The highest BCUT2D eigenvalue weighted by atomic mass is 16.5. The standard InChI is InChI=1S/C15H23NO/c1-13-6-2-5-9-15(13)16-10-11-17-12-14-7-3-4-8-14/h2,5-6,9,14,16H,3-4,7-8,10-12H2,1H3. The summed E-state index contributed by atoms with van der Waals surface area (Å²) in [5, 5.41) is 3.41. The van der Waals surface area contributed by atoms with Crippen molar-refractivity contribution < 1.29 is 4.74 Å². The molecule has 0 heterocycles. The molecule has 1 aromatic carbocycles. The van der Waals surface area contributed by atoms with Gasteiger partial charge in [-0.05, 0) is 37.3 Å². The molecule has 0 bridgehead atoms. The molecular weight excluding hydrogens is 210 g/mol. The van der Waals surface area contributed by atoms with Gasteiger partial charge in [-0.3, -0.25) is 0 Å². The molecule has 0 radical (unpaired) electrons. The Hall–Kier alpha value is -1.02. The van der Waals surface area contributed by atoms with E-state index in [1.807, 2.05) is 0 Å². The molecule has 0 spiro atoms. The van der Waals surface area contributed by atoms with Crippen molar-refractivity contribution in [2.24, 2.45) is 5.92 Å². The summed E-state index contributed by atoms with van der Waals surface area (Å²) >= 11 is 0. The van der Waals surface area contributed by atoms with E-state index in [2.05, 4.69) is 36.5 Å². The molecule has 0 aromatic heterocycles. The van der Waals surface area contributed by atoms with Gasteiger partial charge in [-0.25, -0.2) is 0 Å². The summed E-state index contributed by atoms with van der Waals surface area (Å²) in [5.74, 6) is 0.827. The van der Waals surface area contributed by atoms with Crippen LogP contribution in [0, 0.1) is 12.8 Å². The Bertz CT molecular complexity index is 331. The minimum Gasteiger partial charge on any atom is -0.383 e. The second kappa shape index (κ2) is 6.65. The molecule has 0 amide bonds. The number of nitrogens with one attached hydrogen (secondary N) is 1. The number of para-hydroxylation sites is 1. The summed E-state index contributed by atoms with van der Waals surface area (Å²) in [6.45, 7) is 4.79. The molecule has 2 heteroatoms. The first-order valence-electron chi connectivity index (χ1n) is 6.73. The molecule has 1 fully saturated rings. The zero-order valence-electron chi connectivity index (χ0n) is 10.7. The lowest BCUT2D eigenvalue weighted by molar-refractivity contribution is 0.109. The first-order chi connectivity index (χ1) is 8.36. The van der Waals surface area contributed by atoms with Crippen LogP contribution in [-0.2, 0) is 4.74 Å². The van der Waals surface area contributed by atoms with E-state index >= 15 is 0 Å². The first kappa shape index (κ1) is 12.4. The molecule has 0 atom stereocenters. The second-order valence-electron chi connectivity index (χ2n) is 4.97. The highest BCUT2D eigenvalue weighted by molar-refractivity contribution is 5.50. The zero-order chi connectivity index (χ0) is 11.9. The van der Waals surface area contributed by atoms with Crippen molar-refractivity contribution >= 4 is 5.69 Å². The van der Waals surface area contributed by atoms with Crippen LogP contribution in [0.5, 0.6) is 0 Å². The van der Waals surface area contributed by atoms with Gasteiger partial charge in [-0.2, -0.15) is 0 Å². The summed E-state index contributed by atoms with van der Waals surface area (Å²) in [5.41, 5.74) is 2.51. The average molecular weight is 233 g/mol. The number of rotatable bonds is 6. The van der Waals surface area contributed by atoms with Gasteiger partial charge in [0.15, 0.2) is 0 Å². The molecular formula is C15H23NO. The third kappa shape index (κ3) is 4.04. The Kier molecular flexibility index (Phi) is 4.87. The van der Waals surface area contributed by atoms with Crippen LogP contribution in [0.3, 0.4) is 0 Å². The van der Waals surface area contributed by atoms with Crippen molar-refractivity contribution in [3.05, 3.63) is 29.8 Å². The molecule has 1 aliphatic rings. The van der Waals surface area contributed by atoms with Crippen molar-refractivity contribution in [2.75, 3.05) is 25.1 Å². The van der Waals surface area contributed by atoms with Crippen LogP contribution in [-0.4, -0.2) is 19.8 Å². The molecule has 0 aliphatic heterocycles. The topological polar surface area (TPSA) is 21.3 Å². The van der Waals surface area contributed by atoms with Gasteiger partial charge < -0.3 is 10.1 Å². The molecule has 1 aromatic rings. The van der Waals surface area contributed by atoms with Crippen LogP contribution < -0.4 is 5.32 Å². The van der Waals surface area contributed by atoms with Crippen LogP contribution in [0.4, 0.5) is 5.69 Å². The second-order valence-corrected chi connectivity index (χ2v) is 4.97. The van der Waals surface area contributed by atoms with Gasteiger partial charge in [-0.15, -0.1) is 0 Å². The van der Waals surface area contributed by atoms with Crippen LogP contribution in [0.15, 0.2) is 24.3 Å². The van der Waals surface area contributed by atoms with E-state index in [4.69, 9.17) is 4.74 Å². The maximum atomic E-state index is 5.72. The Morgan fingerprint density at radius 3 is 2.76 bits per heavy atom. The Balaban J connectivity index is 1.58. The molecule has 1 N–H and O–H groups in total. The van der Waals surface area contributed by atoms with E-state index in [0.29, 0.717) is 0 Å². The number of benzene rings is 1. The lowest BCUT2D eigenvalue weighted by Crippen LogP contribution is -2.13. The molecule has 0 unspecified atom stereocenters. The average Bonchev–Trinajstić information content (AvgIpc) is 2.84. The number of hydrogen-bond acceptors (Lipinski definition) is 2. The lowest BCUT2D eigenvalue weighted by Gasteiger charge is -2.12. The molecule has 0 saturated heterocycles. The van der Waals surface area contributed by atoms with Crippen molar-refractivity contribution in [3.63, 3.8) is 0 Å². The minimum atomic E-state index is 0.810. The van der Waals surface area contributed by atoms with E-state index in [0.717, 1.165) is 25.7 Å². The maximum absolute atomic E-state index is 5.72. The van der Waals surface area contributed by atoms with Gasteiger partial charge in [0.1, 0.15) is 0 Å². The molecule has 2 nitrogen and oxygen atoms in total. The summed E-state index contributed by atoms with van der Waals surface area (Å²) in [7, 11) is 0. The van der Waals surface area contributed by atoms with Gasteiger partial charge in [0, 0.05) is 18.8 Å². The third-order valence-electron chi connectivity index (χ3n) is 3.54. The molecule has 17 heavy (non-hydrogen) atoms. The van der Waals surface area contributed by atoms with Crippen LogP contribution in [0.25, 0.3) is 0 Å². The van der Waals surface area contributed by atoms with E-state index in [1.165, 1.54) is 36.9 Å². The molecule has 2 rings (SSSR count). The first-order valence-corrected chi connectivity index (χ1v) is 6.73. The predicted molar refractivity (Wildman–Crippen MR) is 72.4 cm³/mol. The summed E-state index contributed by atoms with van der Waals surface area (Å²) < 4.78 is 5.72. The quantitative estimate of drug-likeness (QED) is 0.758. The number of aryl methyl sites for hydroxylation is 1. The fourth-order valence-corrected chi connectivity index (χ4v) is 2.46. The van der Waals surface area contributed by atoms with Crippen LogP contribution >= 0.6 is 0 Å². The van der Waals surface area contributed by atoms with Crippen molar-refractivity contribution in [1.82, 2.24) is 0 Å². The summed E-state index contributed by atoms with van der Waals surface area (Å²) in [6, 6.07) is 8.37. The van der Waals surface area contributed by atoms with Gasteiger partial charge in [-0.1, -0.05) is 31.0 Å². The fourth-order valence-electron chi connectivity index (χ4n) is 2.46. The normalized spacial score (nSPS) is 16.3. The van der Waals surface area contributed by atoms with E-state index in [1.54, 1.807) is 0 Å². The number of anilines is 1. The molecule has 1 saturated carbocycles. The number of ether oxygens (including phenoxy) is 1. The lowest BCUT2D eigenvalue weighted by atomic mass is 10.1. The van der Waals surface area contributed by atoms with Crippen LogP contribution in [0.2, 0.25) is 0 Å². The van der Waals surface area contributed by atoms with E-state index in [-0.39, 0.29) is 0 Å². The third-order valence-corrected chi connectivity index (χ3v) is 3.54. The van der Waals surface area contributed by atoms with Gasteiger partial charge in [0.25, 0.3) is 0 Å². The maximum Gasteiger partial charge on any atom is 0.0639 e. The summed E-state index contributed by atoms with van der Waals surface area (Å²) in [6.07, 6.45) is 5.53. The van der Waals surface area contributed by atoms with E-state index < -0.39 is 0 Å². The fraction of sp³-hybridized carbons (Fsp3) is 0.600. The Morgan fingerprint density at radius 2 is 2.00 bits per heavy atom. The smallest absolute Gasteiger partial charge is 0.0639 e. The Morgan fingerprint density at radius 1 is 1.24 bits per heavy atom. The molecule has 94 valence electrons. The summed E-state index contributed by atoms with van der Waals surface area (Å²) in [4.78, 5) is 0.